The summed E-state index contributed by atoms with van der Waals surface area (Å²) in [6, 6.07) is 12.2. The zero-order valence-electron chi connectivity index (χ0n) is 15.6. The first-order valence-corrected chi connectivity index (χ1v) is 9.45. The second-order valence-corrected chi connectivity index (χ2v) is 7.60. The molecular weight excluding hydrogens is 342 g/mol. The number of amides is 1. The van der Waals surface area contributed by atoms with Crippen LogP contribution in [0.5, 0.6) is 0 Å². The van der Waals surface area contributed by atoms with Crippen LogP contribution in [0.2, 0.25) is 0 Å². The smallest absolute Gasteiger partial charge is 0.269 e. The average Bonchev–Trinajstić information content (AvgIpc) is 3.43. The van der Waals surface area contributed by atoms with E-state index in [0.29, 0.717) is 18.7 Å². The third-order valence-corrected chi connectivity index (χ3v) is 5.42. The molecule has 6 heteroatoms. The first kappa shape index (κ1) is 17.8. The zero-order valence-corrected chi connectivity index (χ0v) is 15.6. The van der Waals surface area contributed by atoms with Gasteiger partial charge in [-0.15, -0.1) is 0 Å². The molecule has 1 aromatic carbocycles. The molecule has 27 heavy (non-hydrogen) atoms. The number of carbonyl (C=O) groups is 1. The Bertz CT molecular complexity index is 803. The number of rotatable bonds is 6. The molecule has 2 aliphatic rings. The van der Waals surface area contributed by atoms with E-state index in [1.165, 1.54) is 5.56 Å². The number of likely N-dealkylation sites (tertiary alicyclic amines) is 1. The Kier molecular flexibility index (Phi) is 4.99. The number of hydrogen-bond donors (Lipinski definition) is 1. The minimum Gasteiger partial charge on any atom is -0.472 e. The number of oxime groups is 1. The normalized spacial score (nSPS) is 23.2. The Balaban J connectivity index is 1.27. The van der Waals surface area contributed by atoms with Crippen molar-refractivity contribution < 1.29 is 14.0 Å². The molecule has 2 atom stereocenters. The van der Waals surface area contributed by atoms with Gasteiger partial charge in [0.05, 0.1) is 12.5 Å². The number of hydrogen-bond acceptors (Lipinski definition) is 5. The Morgan fingerprint density at radius 1 is 1.33 bits per heavy atom. The number of furan rings is 1. The molecule has 1 N–H and O–H groups in total. The highest BCUT2D eigenvalue weighted by molar-refractivity contribution is 6.39. The van der Waals surface area contributed by atoms with Gasteiger partial charge in [0.25, 0.3) is 5.91 Å². The molecule has 0 bridgehead atoms. The number of benzene rings is 1. The van der Waals surface area contributed by atoms with E-state index in [9.17, 15) is 4.79 Å². The molecule has 142 valence electrons. The van der Waals surface area contributed by atoms with Gasteiger partial charge in [0.2, 0.25) is 0 Å². The van der Waals surface area contributed by atoms with Gasteiger partial charge in [-0.1, -0.05) is 42.4 Å². The SMILES string of the molecule is C[C@@H](CNC(=O)C1=NO[C@]2(CCN(Cc3ccoc3)C2)C1)c1ccccc1. The molecule has 0 radical (unpaired) electrons. The number of nitrogens with one attached hydrogen (secondary N) is 1. The van der Waals surface area contributed by atoms with Crippen LogP contribution in [0, 0.1) is 0 Å². The van der Waals surface area contributed by atoms with E-state index in [-0.39, 0.29) is 17.4 Å². The van der Waals surface area contributed by atoms with Crippen molar-refractivity contribution in [2.75, 3.05) is 19.6 Å². The highest BCUT2D eigenvalue weighted by Gasteiger charge is 2.46. The lowest BCUT2D eigenvalue weighted by molar-refractivity contribution is -0.115. The second kappa shape index (κ2) is 7.56. The van der Waals surface area contributed by atoms with Crippen molar-refractivity contribution in [1.82, 2.24) is 10.2 Å². The van der Waals surface area contributed by atoms with Gasteiger partial charge >= 0.3 is 0 Å². The van der Waals surface area contributed by atoms with Crippen LogP contribution in [0.1, 0.15) is 36.8 Å². The molecule has 0 unspecified atom stereocenters. The topological polar surface area (TPSA) is 67.1 Å². The minimum absolute atomic E-state index is 0.122. The lowest BCUT2D eigenvalue weighted by Gasteiger charge is -2.21. The monoisotopic (exact) mass is 367 g/mol. The summed E-state index contributed by atoms with van der Waals surface area (Å²) in [6.07, 6.45) is 4.91. The van der Waals surface area contributed by atoms with Crippen molar-refractivity contribution in [3.05, 3.63) is 60.1 Å². The molecule has 4 rings (SSSR count). The molecule has 1 spiro atoms. The van der Waals surface area contributed by atoms with E-state index in [1.54, 1.807) is 12.5 Å². The fourth-order valence-electron chi connectivity index (χ4n) is 3.81. The molecule has 1 saturated heterocycles. The molecule has 2 aromatic rings. The molecule has 1 amide bonds. The van der Waals surface area contributed by atoms with Gasteiger partial charge in [0.1, 0.15) is 5.71 Å². The van der Waals surface area contributed by atoms with Crippen LogP contribution in [-0.4, -0.2) is 41.8 Å². The quantitative estimate of drug-likeness (QED) is 0.852. The van der Waals surface area contributed by atoms with Crippen LogP contribution in [-0.2, 0) is 16.2 Å². The van der Waals surface area contributed by atoms with Crippen molar-refractivity contribution in [3.63, 3.8) is 0 Å². The summed E-state index contributed by atoms with van der Waals surface area (Å²) in [5, 5.41) is 7.11. The van der Waals surface area contributed by atoms with Crippen molar-refractivity contribution in [3.8, 4) is 0 Å². The maximum absolute atomic E-state index is 12.5. The fraction of sp³-hybridized carbons (Fsp3) is 0.429. The number of carbonyl (C=O) groups excluding carboxylic acids is 1. The molecule has 2 aliphatic heterocycles. The highest BCUT2D eigenvalue weighted by Crippen LogP contribution is 2.34. The maximum atomic E-state index is 12.5. The van der Waals surface area contributed by atoms with Crippen LogP contribution < -0.4 is 5.32 Å². The summed E-state index contributed by atoms with van der Waals surface area (Å²) in [6.45, 7) is 5.23. The summed E-state index contributed by atoms with van der Waals surface area (Å²) in [5.41, 5.74) is 2.50. The third-order valence-electron chi connectivity index (χ3n) is 5.42. The van der Waals surface area contributed by atoms with Gasteiger partial charge in [-0.05, 0) is 17.5 Å². The Hall–Kier alpha value is -2.60. The molecule has 3 heterocycles. The van der Waals surface area contributed by atoms with Crippen molar-refractivity contribution >= 4 is 11.6 Å². The molecule has 6 nitrogen and oxygen atoms in total. The molecular formula is C21H25N3O3. The van der Waals surface area contributed by atoms with E-state index in [1.807, 2.05) is 24.3 Å². The molecule has 1 aromatic heterocycles. The van der Waals surface area contributed by atoms with Gasteiger partial charge in [-0.25, -0.2) is 0 Å². The average molecular weight is 367 g/mol. The summed E-state index contributed by atoms with van der Waals surface area (Å²) >= 11 is 0. The largest absolute Gasteiger partial charge is 0.472 e. The lowest BCUT2D eigenvalue weighted by atomic mass is 9.96. The Morgan fingerprint density at radius 3 is 2.96 bits per heavy atom. The van der Waals surface area contributed by atoms with E-state index in [0.717, 1.165) is 31.6 Å². The van der Waals surface area contributed by atoms with Gasteiger partial charge in [-0.3, -0.25) is 9.69 Å². The first-order chi connectivity index (χ1) is 13.1. The second-order valence-electron chi connectivity index (χ2n) is 7.60. The summed E-state index contributed by atoms with van der Waals surface area (Å²) in [5.74, 6) is 0.131. The molecule has 1 fully saturated rings. The molecule has 0 saturated carbocycles. The number of nitrogens with zero attached hydrogens (tertiary/aromatic N) is 2. The Morgan fingerprint density at radius 2 is 2.19 bits per heavy atom. The minimum atomic E-state index is -0.360. The predicted octanol–water partition coefficient (Wildman–Crippen LogP) is 2.92. The summed E-state index contributed by atoms with van der Waals surface area (Å²) in [7, 11) is 0. The van der Waals surface area contributed by atoms with Crippen LogP contribution in [0.15, 0.2) is 58.5 Å². The van der Waals surface area contributed by atoms with Crippen LogP contribution in [0.3, 0.4) is 0 Å². The maximum Gasteiger partial charge on any atom is 0.269 e. The van der Waals surface area contributed by atoms with Gasteiger partial charge in [-0.2, -0.15) is 0 Å². The van der Waals surface area contributed by atoms with E-state index in [4.69, 9.17) is 9.25 Å². The third kappa shape index (κ3) is 4.06. The predicted molar refractivity (Wildman–Crippen MR) is 102 cm³/mol. The van der Waals surface area contributed by atoms with Crippen molar-refractivity contribution in [2.45, 2.75) is 37.8 Å². The van der Waals surface area contributed by atoms with E-state index in [2.05, 4.69) is 34.4 Å². The molecule has 0 aliphatic carbocycles. The van der Waals surface area contributed by atoms with E-state index >= 15 is 0 Å². The van der Waals surface area contributed by atoms with Gasteiger partial charge < -0.3 is 14.6 Å². The summed E-state index contributed by atoms with van der Waals surface area (Å²) in [4.78, 5) is 20.6. The van der Waals surface area contributed by atoms with Crippen molar-refractivity contribution in [2.24, 2.45) is 5.16 Å². The first-order valence-electron chi connectivity index (χ1n) is 9.45. The lowest BCUT2D eigenvalue weighted by Crippen LogP contribution is -2.37. The Labute approximate surface area is 159 Å². The standard InChI is InChI=1S/C21H25N3O3/c1-16(18-5-3-2-4-6-18)12-22-20(25)19-11-21(27-23-19)8-9-24(15-21)13-17-7-10-26-14-17/h2-7,10,14,16H,8-9,11-13,15H2,1H3,(H,22,25)/t16-,21+/m0/s1. The van der Waals surface area contributed by atoms with Crippen LogP contribution >= 0.6 is 0 Å². The van der Waals surface area contributed by atoms with Crippen molar-refractivity contribution in [1.29, 1.82) is 0 Å². The van der Waals surface area contributed by atoms with Crippen LogP contribution in [0.4, 0.5) is 0 Å². The van der Waals surface area contributed by atoms with Crippen LogP contribution in [0.25, 0.3) is 0 Å². The highest BCUT2D eigenvalue weighted by atomic mass is 16.7. The van der Waals surface area contributed by atoms with Gasteiger partial charge in [0, 0.05) is 44.6 Å². The van der Waals surface area contributed by atoms with E-state index < -0.39 is 0 Å². The summed E-state index contributed by atoms with van der Waals surface area (Å²) < 4.78 is 5.13. The zero-order chi connectivity index (χ0) is 18.7. The fourth-order valence-corrected chi connectivity index (χ4v) is 3.81. The van der Waals surface area contributed by atoms with Gasteiger partial charge in [0.15, 0.2) is 5.60 Å².